The second-order valence-electron chi connectivity index (χ2n) is 4.26. The molecular formula is C14H13N3O4S. The van der Waals surface area contributed by atoms with Crippen LogP contribution >= 0.6 is 11.8 Å². The number of hydrogen-bond acceptors (Lipinski definition) is 7. The van der Waals surface area contributed by atoms with Gasteiger partial charge >= 0.3 is 6.01 Å². The topological polar surface area (TPSA) is 86.5 Å². The monoisotopic (exact) mass is 319 g/mol. The van der Waals surface area contributed by atoms with Crippen LogP contribution in [-0.2, 0) is 20.0 Å². The number of thioether (sulfide) groups is 1. The van der Waals surface area contributed by atoms with Crippen LogP contribution in [0.15, 0.2) is 51.7 Å². The van der Waals surface area contributed by atoms with Crippen molar-refractivity contribution in [2.45, 2.75) is 10.6 Å². The Kier molecular flexibility index (Phi) is 4.59. The molecular weight excluding hydrogens is 306 g/mol. The van der Waals surface area contributed by atoms with E-state index in [1.54, 1.807) is 11.8 Å². The highest BCUT2D eigenvalue weighted by atomic mass is 32.2. The van der Waals surface area contributed by atoms with E-state index >= 15 is 0 Å². The molecule has 0 saturated heterocycles. The van der Waals surface area contributed by atoms with Gasteiger partial charge in [0.25, 0.3) is 5.91 Å². The molecule has 114 valence electrons. The molecule has 0 spiro atoms. The zero-order valence-corrected chi connectivity index (χ0v) is 12.3. The molecule has 0 bridgehead atoms. The first-order valence-electron chi connectivity index (χ1n) is 6.57. The molecule has 1 aliphatic rings. The summed E-state index contributed by atoms with van der Waals surface area (Å²) in [4.78, 5) is 12.9. The van der Waals surface area contributed by atoms with Crippen LogP contribution < -0.4 is 5.32 Å². The van der Waals surface area contributed by atoms with E-state index in [1.807, 2.05) is 30.3 Å². The maximum atomic E-state index is 11.8. The Morgan fingerprint density at radius 1 is 1.23 bits per heavy atom. The predicted octanol–water partition coefficient (Wildman–Crippen LogP) is 2.19. The van der Waals surface area contributed by atoms with E-state index in [0.29, 0.717) is 24.9 Å². The lowest BCUT2D eigenvalue weighted by Crippen LogP contribution is -2.21. The summed E-state index contributed by atoms with van der Waals surface area (Å²) >= 11 is 1.57. The molecule has 0 radical (unpaired) electrons. The zero-order chi connectivity index (χ0) is 15.2. The Morgan fingerprint density at radius 2 is 2.09 bits per heavy atom. The van der Waals surface area contributed by atoms with Crippen molar-refractivity contribution < 1.29 is 18.7 Å². The molecule has 1 aromatic heterocycles. The van der Waals surface area contributed by atoms with Gasteiger partial charge in [-0.1, -0.05) is 23.3 Å². The summed E-state index contributed by atoms with van der Waals surface area (Å²) in [7, 11) is 0. The molecule has 1 aromatic carbocycles. The van der Waals surface area contributed by atoms with Gasteiger partial charge in [-0.05, 0) is 12.1 Å². The first-order chi connectivity index (χ1) is 10.8. The third kappa shape index (κ3) is 3.79. The molecule has 1 N–H and O–H groups in total. The third-order valence-electron chi connectivity index (χ3n) is 2.67. The van der Waals surface area contributed by atoms with Crippen LogP contribution in [0.5, 0.6) is 0 Å². The van der Waals surface area contributed by atoms with E-state index in [4.69, 9.17) is 13.9 Å². The van der Waals surface area contributed by atoms with Gasteiger partial charge in [0, 0.05) is 4.90 Å². The van der Waals surface area contributed by atoms with E-state index < -0.39 is 5.91 Å². The van der Waals surface area contributed by atoms with Gasteiger partial charge in [0.1, 0.15) is 19.5 Å². The molecule has 7 nitrogen and oxygen atoms in total. The predicted molar refractivity (Wildman–Crippen MR) is 78.9 cm³/mol. The number of nitrogens with one attached hydrogen (secondary N) is 1. The van der Waals surface area contributed by atoms with Gasteiger partial charge in [0.05, 0.1) is 5.75 Å². The summed E-state index contributed by atoms with van der Waals surface area (Å²) in [6.45, 7) is 0.764. The van der Waals surface area contributed by atoms with Gasteiger partial charge in [-0.3, -0.25) is 10.1 Å². The van der Waals surface area contributed by atoms with Crippen molar-refractivity contribution in [3.8, 4) is 0 Å². The van der Waals surface area contributed by atoms with Gasteiger partial charge in [0.2, 0.25) is 11.6 Å². The van der Waals surface area contributed by atoms with Crippen LogP contribution in [-0.4, -0.2) is 29.3 Å². The maximum absolute atomic E-state index is 11.8. The quantitative estimate of drug-likeness (QED) is 0.845. The summed E-state index contributed by atoms with van der Waals surface area (Å²) in [6.07, 6.45) is 1.27. The lowest BCUT2D eigenvalue weighted by molar-refractivity contribution is -0.117. The SMILES string of the molecule is O=C(Nc1nnc(CSc2ccccc2)o1)C1=COCCO1. The van der Waals surface area contributed by atoms with E-state index in [-0.39, 0.29) is 11.8 Å². The van der Waals surface area contributed by atoms with Crippen molar-refractivity contribution in [1.29, 1.82) is 0 Å². The Balaban J connectivity index is 1.54. The van der Waals surface area contributed by atoms with Crippen LogP contribution in [0.1, 0.15) is 5.89 Å². The third-order valence-corrected chi connectivity index (χ3v) is 3.66. The highest BCUT2D eigenvalue weighted by molar-refractivity contribution is 7.98. The van der Waals surface area contributed by atoms with Crippen LogP contribution in [0, 0.1) is 0 Å². The van der Waals surface area contributed by atoms with Crippen LogP contribution in [0.25, 0.3) is 0 Å². The molecule has 0 aliphatic carbocycles. The number of rotatable bonds is 5. The van der Waals surface area contributed by atoms with Crippen LogP contribution in [0.2, 0.25) is 0 Å². The van der Waals surface area contributed by atoms with E-state index in [9.17, 15) is 4.79 Å². The molecule has 2 heterocycles. The zero-order valence-electron chi connectivity index (χ0n) is 11.5. The van der Waals surface area contributed by atoms with E-state index in [2.05, 4.69) is 15.5 Å². The molecule has 1 aliphatic heterocycles. The number of ether oxygens (including phenoxy) is 2. The molecule has 3 rings (SSSR count). The van der Waals surface area contributed by atoms with Crippen molar-refractivity contribution in [3.63, 3.8) is 0 Å². The van der Waals surface area contributed by atoms with Crippen molar-refractivity contribution in [1.82, 2.24) is 10.2 Å². The van der Waals surface area contributed by atoms with Crippen molar-refractivity contribution in [2.24, 2.45) is 0 Å². The first-order valence-corrected chi connectivity index (χ1v) is 7.56. The summed E-state index contributed by atoms with van der Waals surface area (Å²) < 4.78 is 15.5. The summed E-state index contributed by atoms with van der Waals surface area (Å²) in [5.74, 6) is 0.559. The number of benzene rings is 1. The van der Waals surface area contributed by atoms with Gasteiger partial charge in [-0.15, -0.1) is 16.9 Å². The average Bonchev–Trinajstić information content (AvgIpc) is 3.02. The second kappa shape index (κ2) is 6.99. The standard InChI is InChI=1S/C14H13N3O4S/c18-13(11-8-19-6-7-20-11)15-14-17-16-12(21-14)9-22-10-4-2-1-3-5-10/h1-5,8H,6-7,9H2,(H,15,17,18). The number of carbonyl (C=O) groups excluding carboxylic acids is 1. The van der Waals surface area contributed by atoms with Crippen molar-refractivity contribution in [2.75, 3.05) is 18.5 Å². The minimum atomic E-state index is -0.481. The molecule has 0 saturated carbocycles. The lowest BCUT2D eigenvalue weighted by Gasteiger charge is -2.13. The number of anilines is 1. The Bertz CT molecular complexity index is 672. The summed E-state index contributed by atoms with van der Waals surface area (Å²) in [5.41, 5.74) is 0. The van der Waals surface area contributed by atoms with E-state index in [0.717, 1.165) is 4.90 Å². The number of nitrogens with zero attached hydrogens (tertiary/aromatic N) is 2. The second-order valence-corrected chi connectivity index (χ2v) is 5.31. The average molecular weight is 319 g/mol. The first kappa shape index (κ1) is 14.5. The fraction of sp³-hybridized carbons (Fsp3) is 0.214. The Morgan fingerprint density at radius 3 is 2.86 bits per heavy atom. The number of aromatic nitrogens is 2. The summed E-state index contributed by atoms with van der Waals surface area (Å²) in [5, 5.41) is 10.1. The van der Waals surface area contributed by atoms with Crippen molar-refractivity contribution in [3.05, 3.63) is 48.2 Å². The fourth-order valence-electron chi connectivity index (χ4n) is 1.67. The fourth-order valence-corrected chi connectivity index (χ4v) is 2.43. The molecule has 22 heavy (non-hydrogen) atoms. The molecule has 0 fully saturated rings. The highest BCUT2D eigenvalue weighted by Crippen LogP contribution is 2.22. The van der Waals surface area contributed by atoms with Gasteiger partial charge < -0.3 is 13.9 Å². The maximum Gasteiger partial charge on any atom is 0.322 e. The van der Waals surface area contributed by atoms with Gasteiger partial charge in [-0.2, -0.15) is 0 Å². The number of hydrogen-bond donors (Lipinski definition) is 1. The number of amides is 1. The number of carbonyl (C=O) groups is 1. The summed E-state index contributed by atoms with van der Waals surface area (Å²) in [6, 6.07) is 9.90. The van der Waals surface area contributed by atoms with Crippen LogP contribution in [0.3, 0.4) is 0 Å². The minimum Gasteiger partial charge on any atom is -0.494 e. The van der Waals surface area contributed by atoms with Gasteiger partial charge in [-0.25, -0.2) is 0 Å². The normalized spacial score (nSPS) is 13.7. The highest BCUT2D eigenvalue weighted by Gasteiger charge is 2.18. The van der Waals surface area contributed by atoms with Crippen LogP contribution in [0.4, 0.5) is 6.01 Å². The largest absolute Gasteiger partial charge is 0.494 e. The Hall–Kier alpha value is -2.48. The van der Waals surface area contributed by atoms with Crippen molar-refractivity contribution >= 4 is 23.7 Å². The smallest absolute Gasteiger partial charge is 0.322 e. The lowest BCUT2D eigenvalue weighted by atomic mass is 10.4. The van der Waals surface area contributed by atoms with E-state index in [1.165, 1.54) is 6.26 Å². The molecule has 0 atom stereocenters. The molecule has 0 unspecified atom stereocenters. The molecule has 8 heteroatoms. The molecule has 1 amide bonds. The Labute approximate surface area is 130 Å². The van der Waals surface area contributed by atoms with Gasteiger partial charge in [0.15, 0.2) is 0 Å². The molecule has 2 aromatic rings. The minimum absolute atomic E-state index is 0.0312.